The van der Waals surface area contributed by atoms with Crippen LogP contribution in [0.1, 0.15) is 12.8 Å². The standard InChI is InChI=1S/C8H9BrO/c9-8(10)7-4-5-1-2-6(7)3-5/h1-2,5-7H,3-4H2. The fraction of sp³-hybridized carbons (Fsp3) is 0.625. The zero-order valence-electron chi connectivity index (χ0n) is 5.59. The van der Waals surface area contributed by atoms with E-state index in [9.17, 15) is 4.79 Å². The highest BCUT2D eigenvalue weighted by molar-refractivity contribution is 9.18. The average molecular weight is 201 g/mol. The maximum Gasteiger partial charge on any atom is 0.201 e. The molecule has 0 aromatic heterocycles. The molecule has 0 aliphatic heterocycles. The van der Waals surface area contributed by atoms with Gasteiger partial charge in [-0.15, -0.1) is 0 Å². The Morgan fingerprint density at radius 1 is 1.40 bits per heavy atom. The van der Waals surface area contributed by atoms with Gasteiger partial charge in [-0.2, -0.15) is 0 Å². The second kappa shape index (κ2) is 2.19. The fourth-order valence-corrected chi connectivity index (χ4v) is 2.57. The monoisotopic (exact) mass is 200 g/mol. The topological polar surface area (TPSA) is 17.1 Å². The first kappa shape index (κ1) is 6.59. The highest BCUT2D eigenvalue weighted by Crippen LogP contribution is 2.44. The Morgan fingerprint density at radius 2 is 2.20 bits per heavy atom. The smallest absolute Gasteiger partial charge is 0.201 e. The van der Waals surface area contributed by atoms with Crippen molar-refractivity contribution in [3.8, 4) is 0 Å². The normalized spacial score (nSPS) is 42.7. The molecule has 3 atom stereocenters. The third-order valence-corrected chi connectivity index (χ3v) is 3.16. The summed E-state index contributed by atoms with van der Waals surface area (Å²) >= 11 is 3.03. The summed E-state index contributed by atoms with van der Waals surface area (Å²) in [5, 5.41) is 0. The molecule has 3 unspecified atom stereocenters. The first-order chi connectivity index (χ1) is 4.77. The van der Waals surface area contributed by atoms with Crippen LogP contribution in [0.5, 0.6) is 0 Å². The predicted molar refractivity (Wildman–Crippen MR) is 42.8 cm³/mol. The quantitative estimate of drug-likeness (QED) is 0.469. The number of allylic oxidation sites excluding steroid dienone is 2. The first-order valence-corrected chi connectivity index (χ1v) is 4.44. The third-order valence-electron chi connectivity index (χ3n) is 2.57. The van der Waals surface area contributed by atoms with Crippen molar-refractivity contribution in [2.75, 3.05) is 0 Å². The summed E-state index contributed by atoms with van der Waals surface area (Å²) in [5.41, 5.74) is 0. The summed E-state index contributed by atoms with van der Waals surface area (Å²) in [6, 6.07) is 0. The third kappa shape index (κ3) is 0.858. The van der Waals surface area contributed by atoms with Crippen LogP contribution in [0.4, 0.5) is 0 Å². The molecule has 0 aromatic carbocycles. The Kier molecular flexibility index (Phi) is 1.44. The van der Waals surface area contributed by atoms with Gasteiger partial charge in [0.15, 0.2) is 0 Å². The van der Waals surface area contributed by atoms with Crippen molar-refractivity contribution < 1.29 is 4.79 Å². The Balaban J connectivity index is 2.16. The summed E-state index contributed by atoms with van der Waals surface area (Å²) in [5.74, 6) is 1.54. The van der Waals surface area contributed by atoms with E-state index in [0.717, 1.165) is 6.42 Å². The molecule has 0 radical (unpaired) electrons. The Bertz CT molecular complexity index is 197. The molecule has 0 heterocycles. The molecule has 54 valence electrons. The van der Waals surface area contributed by atoms with Crippen LogP contribution in [0.3, 0.4) is 0 Å². The Hall–Kier alpha value is -0.110. The molecule has 0 N–H and O–H groups in total. The summed E-state index contributed by atoms with van der Waals surface area (Å²) < 4.78 is 0.198. The van der Waals surface area contributed by atoms with Crippen molar-refractivity contribution in [2.24, 2.45) is 17.8 Å². The van der Waals surface area contributed by atoms with Crippen molar-refractivity contribution in [2.45, 2.75) is 12.8 Å². The molecule has 2 aliphatic rings. The van der Waals surface area contributed by atoms with Gasteiger partial charge < -0.3 is 0 Å². The van der Waals surface area contributed by atoms with Crippen LogP contribution in [-0.2, 0) is 4.79 Å². The largest absolute Gasteiger partial charge is 0.286 e. The molecule has 2 heteroatoms. The van der Waals surface area contributed by atoms with Crippen molar-refractivity contribution in [1.29, 1.82) is 0 Å². The molecule has 1 saturated carbocycles. The van der Waals surface area contributed by atoms with E-state index in [-0.39, 0.29) is 10.6 Å². The second-order valence-corrected chi connectivity index (χ2v) is 3.97. The number of rotatable bonds is 1. The van der Waals surface area contributed by atoms with Gasteiger partial charge >= 0.3 is 0 Å². The SMILES string of the molecule is O=C(Br)C1CC2C=CC1C2. The zero-order chi connectivity index (χ0) is 7.14. The summed E-state index contributed by atoms with van der Waals surface area (Å²) in [6.07, 6.45) is 6.72. The van der Waals surface area contributed by atoms with Gasteiger partial charge in [0.25, 0.3) is 0 Å². The van der Waals surface area contributed by atoms with Crippen LogP contribution >= 0.6 is 15.9 Å². The van der Waals surface area contributed by atoms with E-state index in [1.165, 1.54) is 6.42 Å². The van der Waals surface area contributed by atoms with Crippen molar-refractivity contribution in [1.82, 2.24) is 0 Å². The van der Waals surface area contributed by atoms with E-state index in [4.69, 9.17) is 0 Å². The number of carbonyl (C=O) groups excluding carboxylic acids is 1. The molecular weight excluding hydrogens is 192 g/mol. The Labute approximate surface area is 68.6 Å². The average Bonchev–Trinajstić information content (AvgIpc) is 2.44. The lowest BCUT2D eigenvalue weighted by Crippen LogP contribution is -2.12. The van der Waals surface area contributed by atoms with Crippen molar-refractivity contribution in [3.05, 3.63) is 12.2 Å². The van der Waals surface area contributed by atoms with Gasteiger partial charge in [-0.05, 0) is 40.6 Å². The molecule has 10 heavy (non-hydrogen) atoms. The maximum atomic E-state index is 10.9. The minimum Gasteiger partial charge on any atom is -0.286 e. The molecular formula is C8H9BrO. The van der Waals surface area contributed by atoms with E-state index < -0.39 is 0 Å². The van der Waals surface area contributed by atoms with Crippen LogP contribution in [-0.4, -0.2) is 4.69 Å². The van der Waals surface area contributed by atoms with E-state index in [2.05, 4.69) is 28.1 Å². The number of halogens is 1. The minimum absolute atomic E-state index is 0.198. The van der Waals surface area contributed by atoms with Gasteiger partial charge in [0.2, 0.25) is 4.69 Å². The molecule has 0 aromatic rings. The van der Waals surface area contributed by atoms with E-state index in [0.29, 0.717) is 11.8 Å². The van der Waals surface area contributed by atoms with Crippen LogP contribution in [0.15, 0.2) is 12.2 Å². The van der Waals surface area contributed by atoms with E-state index >= 15 is 0 Å². The predicted octanol–water partition coefficient (Wildman–Crippen LogP) is 2.12. The van der Waals surface area contributed by atoms with Gasteiger partial charge in [-0.1, -0.05) is 12.2 Å². The molecule has 0 spiro atoms. The van der Waals surface area contributed by atoms with Gasteiger partial charge in [0, 0.05) is 5.92 Å². The Morgan fingerprint density at radius 3 is 2.50 bits per heavy atom. The van der Waals surface area contributed by atoms with Crippen LogP contribution in [0.2, 0.25) is 0 Å². The molecule has 2 rings (SSSR count). The zero-order valence-corrected chi connectivity index (χ0v) is 7.17. The van der Waals surface area contributed by atoms with Crippen molar-refractivity contribution in [3.63, 3.8) is 0 Å². The lowest BCUT2D eigenvalue weighted by molar-refractivity contribution is -0.114. The summed E-state index contributed by atoms with van der Waals surface area (Å²) in [7, 11) is 0. The number of fused-ring (bicyclic) bond motifs is 2. The molecule has 0 saturated heterocycles. The lowest BCUT2D eigenvalue weighted by atomic mass is 9.95. The summed E-state index contributed by atoms with van der Waals surface area (Å²) in [4.78, 5) is 10.9. The second-order valence-electron chi connectivity index (χ2n) is 3.19. The highest BCUT2D eigenvalue weighted by Gasteiger charge is 2.38. The van der Waals surface area contributed by atoms with Gasteiger partial charge in [-0.25, -0.2) is 0 Å². The number of hydrogen-bond donors (Lipinski definition) is 0. The molecule has 0 amide bonds. The van der Waals surface area contributed by atoms with E-state index in [1.54, 1.807) is 0 Å². The molecule has 2 bridgehead atoms. The van der Waals surface area contributed by atoms with Crippen LogP contribution in [0, 0.1) is 17.8 Å². The summed E-state index contributed by atoms with van der Waals surface area (Å²) in [6.45, 7) is 0. The minimum atomic E-state index is 0.198. The molecule has 1 fully saturated rings. The van der Waals surface area contributed by atoms with Gasteiger partial charge in [0.1, 0.15) is 0 Å². The maximum absolute atomic E-state index is 10.9. The number of hydrogen-bond acceptors (Lipinski definition) is 1. The van der Waals surface area contributed by atoms with Crippen LogP contribution < -0.4 is 0 Å². The lowest BCUT2D eigenvalue weighted by Gasteiger charge is -2.11. The van der Waals surface area contributed by atoms with Crippen LogP contribution in [0.25, 0.3) is 0 Å². The fourth-order valence-electron chi connectivity index (χ4n) is 2.04. The van der Waals surface area contributed by atoms with Crippen molar-refractivity contribution >= 4 is 20.6 Å². The van der Waals surface area contributed by atoms with Gasteiger partial charge in [0.05, 0.1) is 0 Å². The highest BCUT2D eigenvalue weighted by atomic mass is 79.9. The van der Waals surface area contributed by atoms with E-state index in [1.807, 2.05) is 0 Å². The van der Waals surface area contributed by atoms with Gasteiger partial charge in [-0.3, -0.25) is 4.79 Å². The molecule has 2 aliphatic carbocycles. The molecule has 1 nitrogen and oxygen atoms in total. The first-order valence-electron chi connectivity index (χ1n) is 3.65. The number of carbonyl (C=O) groups is 1.